The van der Waals surface area contributed by atoms with E-state index >= 15 is 0 Å². The van der Waals surface area contributed by atoms with Crippen molar-refractivity contribution in [2.75, 3.05) is 27.8 Å². The van der Waals surface area contributed by atoms with Crippen molar-refractivity contribution in [3.8, 4) is 11.1 Å². The first-order valence-corrected chi connectivity index (χ1v) is 11.2. The molecule has 7 nitrogen and oxygen atoms in total. The summed E-state index contributed by atoms with van der Waals surface area (Å²) in [4.78, 5) is 45.9. The molecule has 1 fully saturated rings. The van der Waals surface area contributed by atoms with Crippen molar-refractivity contribution in [2.45, 2.75) is 6.04 Å². The van der Waals surface area contributed by atoms with Gasteiger partial charge in [0.15, 0.2) is 0 Å². The molecule has 1 saturated heterocycles. The fourth-order valence-corrected chi connectivity index (χ4v) is 4.52. The van der Waals surface area contributed by atoms with Gasteiger partial charge >= 0.3 is 5.97 Å². The number of rotatable bonds is 4. The van der Waals surface area contributed by atoms with Crippen LogP contribution in [0.3, 0.4) is 0 Å². The maximum atomic E-state index is 13.8. The molecule has 0 aliphatic carbocycles. The molecule has 1 aliphatic heterocycles. The highest BCUT2D eigenvalue weighted by atomic mass is 16.7. The normalized spacial score (nSPS) is 15.6. The Kier molecular flexibility index (Phi) is 5.70. The lowest BCUT2D eigenvalue weighted by molar-refractivity contribution is -0.155. The molecule has 0 bridgehead atoms. The minimum absolute atomic E-state index is 0.0872. The number of benzene rings is 4. The van der Waals surface area contributed by atoms with Gasteiger partial charge in [0.25, 0.3) is 11.8 Å². The van der Waals surface area contributed by atoms with Crippen molar-refractivity contribution >= 4 is 39.3 Å². The smallest absolute Gasteiger partial charge is 0.338 e. The number of ether oxygens (including phenoxy) is 1. The number of nitrogens with zero attached hydrogens (tertiary/aromatic N) is 2. The van der Waals surface area contributed by atoms with Crippen LogP contribution in [0, 0.1) is 0 Å². The molecule has 0 saturated carbocycles. The van der Waals surface area contributed by atoms with Crippen molar-refractivity contribution in [3.05, 3.63) is 83.9 Å². The van der Waals surface area contributed by atoms with E-state index in [0.29, 0.717) is 22.3 Å². The van der Waals surface area contributed by atoms with E-state index in [2.05, 4.69) is 0 Å². The summed E-state index contributed by atoms with van der Waals surface area (Å²) in [5, 5.41) is 4.76. The average Bonchev–Trinajstić information content (AvgIpc) is 3.23. The zero-order valence-corrected chi connectivity index (χ0v) is 19.6. The number of methoxy groups -OCH3 is 1. The molecule has 0 spiro atoms. The van der Waals surface area contributed by atoms with Crippen LogP contribution in [0.5, 0.6) is 0 Å². The minimum Gasteiger partial charge on any atom is -0.465 e. The Hall–Kier alpha value is -4.23. The first kappa shape index (κ1) is 22.6. The van der Waals surface area contributed by atoms with Gasteiger partial charge in [-0.25, -0.2) is 9.86 Å². The lowest BCUT2D eigenvalue weighted by Crippen LogP contribution is -2.43. The van der Waals surface area contributed by atoms with Crippen LogP contribution in [0.1, 0.15) is 20.7 Å². The Morgan fingerprint density at radius 1 is 0.886 bits per heavy atom. The van der Waals surface area contributed by atoms with Gasteiger partial charge in [-0.05, 0) is 56.9 Å². The molecule has 0 radical (unpaired) electrons. The van der Waals surface area contributed by atoms with Crippen LogP contribution in [0.4, 0.5) is 0 Å². The van der Waals surface area contributed by atoms with Crippen LogP contribution in [0.2, 0.25) is 0 Å². The molecule has 7 heteroatoms. The van der Waals surface area contributed by atoms with Crippen molar-refractivity contribution in [3.63, 3.8) is 0 Å². The predicted octanol–water partition coefficient (Wildman–Crippen LogP) is 4.29. The van der Waals surface area contributed by atoms with Crippen LogP contribution >= 0.6 is 0 Å². The largest absolute Gasteiger partial charge is 0.465 e. The zero-order valence-electron chi connectivity index (χ0n) is 19.6. The lowest BCUT2D eigenvalue weighted by Gasteiger charge is -2.24. The van der Waals surface area contributed by atoms with Gasteiger partial charge in [-0.1, -0.05) is 48.5 Å². The third-order valence-corrected chi connectivity index (χ3v) is 6.51. The highest BCUT2D eigenvalue weighted by molar-refractivity contribution is 6.11. The Bertz CT molecular complexity index is 1500. The SMILES string of the molecule is COC(=O)c1cc2ccccc2cc1-c1cc2ccccc2cc1C(=O)N(C)[C@@H]1CON(C)C1=O. The molecule has 1 atom stereocenters. The Morgan fingerprint density at radius 2 is 1.37 bits per heavy atom. The van der Waals surface area contributed by atoms with E-state index in [1.807, 2.05) is 66.7 Å². The fraction of sp³-hybridized carbons (Fsp3) is 0.179. The van der Waals surface area contributed by atoms with Gasteiger partial charge < -0.3 is 9.64 Å². The van der Waals surface area contributed by atoms with Crippen molar-refractivity contribution in [1.82, 2.24) is 9.96 Å². The van der Waals surface area contributed by atoms with Gasteiger partial charge in [-0.2, -0.15) is 0 Å². The number of esters is 1. The molecule has 5 rings (SSSR count). The summed E-state index contributed by atoms with van der Waals surface area (Å²) in [7, 11) is 4.46. The fourth-order valence-electron chi connectivity index (χ4n) is 4.52. The van der Waals surface area contributed by atoms with Crippen LogP contribution < -0.4 is 0 Å². The van der Waals surface area contributed by atoms with E-state index in [9.17, 15) is 14.4 Å². The number of hydroxylamine groups is 2. The molecule has 4 aromatic carbocycles. The summed E-state index contributed by atoms with van der Waals surface area (Å²) in [6, 6.07) is 22.1. The molecule has 1 heterocycles. The van der Waals surface area contributed by atoms with Gasteiger partial charge in [0.05, 0.1) is 12.7 Å². The molecule has 0 unspecified atom stereocenters. The van der Waals surface area contributed by atoms with Crippen LogP contribution in [0.15, 0.2) is 72.8 Å². The molecule has 2 amide bonds. The first-order valence-electron chi connectivity index (χ1n) is 11.2. The average molecular weight is 469 g/mol. The summed E-state index contributed by atoms with van der Waals surface area (Å²) in [5.41, 5.74) is 1.92. The number of amides is 2. The van der Waals surface area contributed by atoms with Crippen LogP contribution in [0.25, 0.3) is 32.7 Å². The predicted molar refractivity (Wildman–Crippen MR) is 133 cm³/mol. The second-order valence-electron chi connectivity index (χ2n) is 8.54. The molecule has 35 heavy (non-hydrogen) atoms. The number of fused-ring (bicyclic) bond motifs is 2. The Morgan fingerprint density at radius 3 is 1.86 bits per heavy atom. The third kappa shape index (κ3) is 3.90. The summed E-state index contributed by atoms with van der Waals surface area (Å²) in [5.74, 6) is -1.12. The molecular weight excluding hydrogens is 444 g/mol. The molecular formula is C28H24N2O5. The lowest BCUT2D eigenvalue weighted by atomic mass is 9.90. The van der Waals surface area contributed by atoms with Crippen LogP contribution in [-0.4, -0.2) is 61.6 Å². The van der Waals surface area contributed by atoms with Gasteiger partial charge in [0.1, 0.15) is 12.6 Å². The van der Waals surface area contributed by atoms with Crippen LogP contribution in [-0.2, 0) is 14.4 Å². The van der Waals surface area contributed by atoms with E-state index < -0.39 is 12.0 Å². The Balaban J connectivity index is 1.74. The number of carbonyl (C=O) groups is 3. The topological polar surface area (TPSA) is 76.2 Å². The quantitative estimate of drug-likeness (QED) is 0.418. The highest BCUT2D eigenvalue weighted by Gasteiger charge is 2.37. The number of likely N-dealkylation sites (N-methyl/N-ethyl adjacent to an activating group) is 2. The van der Waals surface area contributed by atoms with E-state index in [0.717, 1.165) is 26.6 Å². The zero-order chi connectivity index (χ0) is 24.7. The van der Waals surface area contributed by atoms with E-state index in [1.165, 1.54) is 19.1 Å². The molecule has 1 aliphatic rings. The van der Waals surface area contributed by atoms with Crippen molar-refractivity contribution in [1.29, 1.82) is 0 Å². The van der Waals surface area contributed by atoms with E-state index in [-0.39, 0.29) is 18.4 Å². The standard InChI is InChI=1S/C28H24N2O5/c1-29(25-16-35-30(2)27(25)32)26(31)23-14-19-10-6-4-8-17(19)12-21(23)22-13-18-9-5-7-11-20(18)15-24(22)28(33)34-3/h4-15,25H,16H2,1-3H3/t25-/m1/s1. The second kappa shape index (κ2) is 8.85. The van der Waals surface area contributed by atoms with Gasteiger partial charge in [0, 0.05) is 19.7 Å². The van der Waals surface area contributed by atoms with Gasteiger partial charge in [-0.3, -0.25) is 14.4 Å². The first-order chi connectivity index (χ1) is 16.9. The minimum atomic E-state index is -0.733. The van der Waals surface area contributed by atoms with Gasteiger partial charge in [-0.15, -0.1) is 0 Å². The summed E-state index contributed by atoms with van der Waals surface area (Å²) in [6.45, 7) is 0.0872. The third-order valence-electron chi connectivity index (χ3n) is 6.51. The summed E-state index contributed by atoms with van der Waals surface area (Å²) < 4.78 is 5.09. The summed E-state index contributed by atoms with van der Waals surface area (Å²) in [6.07, 6.45) is 0. The second-order valence-corrected chi connectivity index (χ2v) is 8.54. The van der Waals surface area contributed by atoms with Crippen molar-refractivity contribution in [2.24, 2.45) is 0 Å². The highest BCUT2D eigenvalue weighted by Crippen LogP contribution is 2.35. The number of carbonyl (C=O) groups excluding carboxylic acids is 3. The molecule has 0 N–H and O–H groups in total. The Labute approximate surface area is 202 Å². The maximum Gasteiger partial charge on any atom is 0.338 e. The number of hydrogen-bond acceptors (Lipinski definition) is 5. The monoisotopic (exact) mass is 468 g/mol. The van der Waals surface area contributed by atoms with E-state index in [4.69, 9.17) is 9.57 Å². The molecule has 176 valence electrons. The summed E-state index contributed by atoms with van der Waals surface area (Å²) >= 11 is 0. The number of hydrogen-bond donors (Lipinski definition) is 0. The van der Waals surface area contributed by atoms with Gasteiger partial charge in [0.2, 0.25) is 0 Å². The van der Waals surface area contributed by atoms with Crippen molar-refractivity contribution < 1.29 is 24.0 Å². The maximum absolute atomic E-state index is 13.8. The van der Waals surface area contributed by atoms with E-state index in [1.54, 1.807) is 13.1 Å². The molecule has 0 aromatic heterocycles. The molecule has 4 aromatic rings.